The summed E-state index contributed by atoms with van der Waals surface area (Å²) in [4.78, 5) is 0. The predicted octanol–water partition coefficient (Wildman–Crippen LogP) is 2.51. The highest BCUT2D eigenvalue weighted by atomic mass is 127. The second-order valence-electron chi connectivity index (χ2n) is 2.46. The number of aliphatic hydroxyl groups is 1. The van der Waals surface area contributed by atoms with E-state index in [1.54, 1.807) is 22.6 Å². The Morgan fingerprint density at radius 2 is 2.00 bits per heavy atom. The van der Waals surface area contributed by atoms with E-state index in [0.717, 1.165) is 6.07 Å². The van der Waals surface area contributed by atoms with Gasteiger partial charge in [0.15, 0.2) is 0 Å². The number of hydrogen-bond acceptors (Lipinski definition) is 1. The fraction of sp³-hybridized carbons (Fsp3) is 0.250. The lowest BCUT2D eigenvalue weighted by atomic mass is 10.1. The standard InChI is InChI=1S/C8H6F3IO/c9-7-5(8(10,11)4-13)2-1-3-6(7)12/h1-3,13H,4H2. The topological polar surface area (TPSA) is 20.2 Å². The molecule has 1 aromatic carbocycles. The summed E-state index contributed by atoms with van der Waals surface area (Å²) < 4.78 is 38.9. The van der Waals surface area contributed by atoms with Gasteiger partial charge in [0.1, 0.15) is 12.4 Å². The van der Waals surface area contributed by atoms with Crippen LogP contribution in [0.15, 0.2) is 18.2 Å². The molecule has 72 valence electrons. The lowest BCUT2D eigenvalue weighted by molar-refractivity contribution is -0.0583. The Hall–Kier alpha value is -0.300. The molecule has 0 bridgehead atoms. The zero-order valence-electron chi connectivity index (χ0n) is 6.40. The predicted molar refractivity (Wildman–Crippen MR) is 50.1 cm³/mol. The molecule has 1 N–H and O–H groups in total. The summed E-state index contributed by atoms with van der Waals surface area (Å²) in [6, 6.07) is 3.67. The van der Waals surface area contributed by atoms with E-state index in [0.29, 0.717) is 0 Å². The van der Waals surface area contributed by atoms with Crippen LogP contribution in [0.5, 0.6) is 0 Å². The van der Waals surface area contributed by atoms with Crippen molar-refractivity contribution in [3.8, 4) is 0 Å². The third-order valence-electron chi connectivity index (χ3n) is 1.54. The van der Waals surface area contributed by atoms with Crippen LogP contribution in [0.25, 0.3) is 0 Å². The van der Waals surface area contributed by atoms with Gasteiger partial charge in [-0.2, -0.15) is 8.78 Å². The van der Waals surface area contributed by atoms with Gasteiger partial charge in [-0.15, -0.1) is 0 Å². The summed E-state index contributed by atoms with van der Waals surface area (Å²) in [6.07, 6.45) is 0. The van der Waals surface area contributed by atoms with Crippen molar-refractivity contribution in [3.63, 3.8) is 0 Å². The molecule has 0 unspecified atom stereocenters. The number of hydrogen-bond donors (Lipinski definition) is 1. The van der Waals surface area contributed by atoms with Gasteiger partial charge in [0, 0.05) is 3.57 Å². The summed E-state index contributed by atoms with van der Waals surface area (Å²) in [6.45, 7) is -1.38. The first-order chi connectivity index (χ1) is 5.99. The SMILES string of the molecule is OCC(F)(F)c1cccc(I)c1F. The molecule has 0 aliphatic carbocycles. The highest BCUT2D eigenvalue weighted by molar-refractivity contribution is 14.1. The van der Waals surface area contributed by atoms with Crippen LogP contribution in [0, 0.1) is 9.39 Å². The lowest BCUT2D eigenvalue weighted by Crippen LogP contribution is -2.20. The van der Waals surface area contributed by atoms with E-state index in [-0.39, 0.29) is 3.57 Å². The molecule has 13 heavy (non-hydrogen) atoms. The van der Waals surface area contributed by atoms with Crippen molar-refractivity contribution in [1.29, 1.82) is 0 Å². The Morgan fingerprint density at radius 3 is 2.54 bits per heavy atom. The fourth-order valence-corrected chi connectivity index (χ4v) is 1.37. The van der Waals surface area contributed by atoms with Crippen LogP contribution in [-0.2, 0) is 5.92 Å². The molecule has 0 radical (unpaired) electrons. The van der Waals surface area contributed by atoms with E-state index >= 15 is 0 Å². The Balaban J connectivity index is 3.22. The first-order valence-corrected chi connectivity index (χ1v) is 4.50. The molecular weight excluding hydrogens is 296 g/mol. The molecule has 0 spiro atoms. The highest BCUT2D eigenvalue weighted by Crippen LogP contribution is 2.30. The molecule has 0 saturated carbocycles. The second kappa shape index (κ2) is 3.83. The van der Waals surface area contributed by atoms with E-state index in [1.807, 2.05) is 0 Å². The number of halogens is 4. The van der Waals surface area contributed by atoms with Crippen LogP contribution in [-0.4, -0.2) is 11.7 Å². The van der Waals surface area contributed by atoms with E-state index in [2.05, 4.69) is 0 Å². The van der Waals surface area contributed by atoms with Crippen molar-refractivity contribution in [1.82, 2.24) is 0 Å². The van der Waals surface area contributed by atoms with Crippen LogP contribution in [0.2, 0.25) is 0 Å². The monoisotopic (exact) mass is 302 g/mol. The molecular formula is C8H6F3IO. The summed E-state index contributed by atoms with van der Waals surface area (Å²) >= 11 is 1.62. The second-order valence-corrected chi connectivity index (χ2v) is 3.63. The molecule has 1 aromatic rings. The number of alkyl halides is 2. The number of rotatable bonds is 2. The van der Waals surface area contributed by atoms with Crippen molar-refractivity contribution < 1.29 is 18.3 Å². The molecule has 1 nitrogen and oxygen atoms in total. The maximum atomic E-state index is 13.1. The average Bonchev–Trinajstić information content (AvgIpc) is 2.09. The maximum Gasteiger partial charge on any atom is 0.298 e. The first kappa shape index (κ1) is 10.8. The van der Waals surface area contributed by atoms with E-state index < -0.39 is 23.9 Å². The Kier molecular flexibility index (Phi) is 3.18. The summed E-state index contributed by atoms with van der Waals surface area (Å²) in [5.41, 5.74) is -0.762. The van der Waals surface area contributed by atoms with E-state index in [9.17, 15) is 13.2 Å². The highest BCUT2D eigenvalue weighted by Gasteiger charge is 2.34. The van der Waals surface area contributed by atoms with Crippen LogP contribution in [0.4, 0.5) is 13.2 Å². The van der Waals surface area contributed by atoms with Crippen molar-refractivity contribution in [2.75, 3.05) is 6.61 Å². The third-order valence-corrected chi connectivity index (χ3v) is 2.38. The normalized spacial score (nSPS) is 11.8. The van der Waals surface area contributed by atoms with Gasteiger partial charge < -0.3 is 5.11 Å². The van der Waals surface area contributed by atoms with Crippen molar-refractivity contribution in [2.45, 2.75) is 5.92 Å². The van der Waals surface area contributed by atoms with Crippen LogP contribution in [0.1, 0.15) is 5.56 Å². The molecule has 0 saturated heterocycles. The molecule has 1 rings (SSSR count). The average molecular weight is 302 g/mol. The first-order valence-electron chi connectivity index (χ1n) is 3.42. The molecule has 0 aliphatic heterocycles. The maximum absolute atomic E-state index is 13.1. The number of benzene rings is 1. The third kappa shape index (κ3) is 2.14. The van der Waals surface area contributed by atoms with E-state index in [1.165, 1.54) is 12.1 Å². The minimum Gasteiger partial charge on any atom is -0.390 e. The van der Waals surface area contributed by atoms with Gasteiger partial charge in [0.25, 0.3) is 5.92 Å². The Morgan fingerprint density at radius 1 is 1.38 bits per heavy atom. The van der Waals surface area contributed by atoms with Crippen molar-refractivity contribution in [3.05, 3.63) is 33.1 Å². The van der Waals surface area contributed by atoms with Crippen molar-refractivity contribution in [2.24, 2.45) is 0 Å². The van der Waals surface area contributed by atoms with E-state index in [4.69, 9.17) is 5.11 Å². The molecule has 0 amide bonds. The van der Waals surface area contributed by atoms with Gasteiger partial charge in [-0.25, -0.2) is 4.39 Å². The zero-order valence-corrected chi connectivity index (χ0v) is 8.56. The van der Waals surface area contributed by atoms with Gasteiger partial charge in [0.2, 0.25) is 0 Å². The van der Waals surface area contributed by atoms with Gasteiger partial charge in [-0.3, -0.25) is 0 Å². The van der Waals surface area contributed by atoms with Crippen molar-refractivity contribution >= 4 is 22.6 Å². The van der Waals surface area contributed by atoms with Gasteiger partial charge in [-0.1, -0.05) is 6.07 Å². The van der Waals surface area contributed by atoms with Gasteiger partial charge in [-0.05, 0) is 34.7 Å². The van der Waals surface area contributed by atoms with Gasteiger partial charge >= 0.3 is 0 Å². The summed E-state index contributed by atoms with van der Waals surface area (Å²) in [5, 5.41) is 8.34. The summed E-state index contributed by atoms with van der Waals surface area (Å²) in [5.74, 6) is -4.48. The minimum atomic E-state index is -3.51. The van der Waals surface area contributed by atoms with Crippen LogP contribution >= 0.6 is 22.6 Å². The number of aliphatic hydroxyl groups excluding tert-OH is 1. The van der Waals surface area contributed by atoms with Crippen LogP contribution in [0.3, 0.4) is 0 Å². The Bertz CT molecular complexity index is 314. The smallest absolute Gasteiger partial charge is 0.298 e. The zero-order chi connectivity index (χ0) is 10.1. The van der Waals surface area contributed by atoms with Gasteiger partial charge in [0.05, 0.1) is 5.56 Å². The fourth-order valence-electron chi connectivity index (χ4n) is 0.871. The minimum absolute atomic E-state index is 0.114. The Labute approximate surface area is 86.7 Å². The van der Waals surface area contributed by atoms with Crippen LogP contribution < -0.4 is 0 Å². The molecule has 0 atom stereocenters. The molecule has 5 heteroatoms. The quantitative estimate of drug-likeness (QED) is 0.832. The molecule has 0 heterocycles. The summed E-state index contributed by atoms with van der Waals surface area (Å²) in [7, 11) is 0. The lowest BCUT2D eigenvalue weighted by Gasteiger charge is -2.14. The largest absolute Gasteiger partial charge is 0.390 e. The molecule has 0 aromatic heterocycles. The molecule has 0 aliphatic rings. The molecule has 0 fully saturated rings.